The van der Waals surface area contributed by atoms with Crippen LogP contribution in [0.2, 0.25) is 0 Å². The lowest BCUT2D eigenvalue weighted by molar-refractivity contribution is -0.140. The number of nitrogens with two attached hydrogens (primary N) is 1. The number of halogens is 1. The van der Waals surface area contributed by atoms with E-state index in [2.05, 4.69) is 10.4 Å². The van der Waals surface area contributed by atoms with Crippen molar-refractivity contribution in [3.8, 4) is 11.3 Å². The van der Waals surface area contributed by atoms with Gasteiger partial charge in [-0.15, -0.1) is 0 Å². The van der Waals surface area contributed by atoms with Crippen molar-refractivity contribution in [3.05, 3.63) is 41.8 Å². The minimum atomic E-state index is -0.615. The van der Waals surface area contributed by atoms with Crippen molar-refractivity contribution in [2.75, 3.05) is 27.2 Å². The maximum Gasteiger partial charge on any atom is 0.243 e. The van der Waals surface area contributed by atoms with Crippen LogP contribution < -0.4 is 11.1 Å². The van der Waals surface area contributed by atoms with E-state index in [1.165, 1.54) is 10.9 Å². The summed E-state index contributed by atoms with van der Waals surface area (Å²) in [4.78, 5) is 29.7. The van der Waals surface area contributed by atoms with Gasteiger partial charge in [0.25, 0.3) is 0 Å². The van der Waals surface area contributed by atoms with Gasteiger partial charge in [0.1, 0.15) is 11.7 Å². The number of rotatable bonds is 8. The van der Waals surface area contributed by atoms with Crippen LogP contribution in [0.25, 0.3) is 11.3 Å². The summed E-state index contributed by atoms with van der Waals surface area (Å²) in [5.41, 5.74) is 8.10. The van der Waals surface area contributed by atoms with Gasteiger partial charge in [-0.1, -0.05) is 38.1 Å². The second-order valence-electron chi connectivity index (χ2n) is 9.37. The fourth-order valence-electron chi connectivity index (χ4n) is 4.26. The summed E-state index contributed by atoms with van der Waals surface area (Å²) >= 11 is 0. The first-order valence-corrected chi connectivity index (χ1v) is 11.4. The molecule has 3 rings (SSSR count). The first kappa shape index (κ1) is 24.9. The van der Waals surface area contributed by atoms with Crippen LogP contribution in [-0.2, 0) is 16.6 Å². The van der Waals surface area contributed by atoms with Gasteiger partial charge < -0.3 is 20.9 Å². The normalized spacial score (nSPS) is 18.1. The number of likely N-dealkylation sites (tertiary alicyclic amines) is 1. The Morgan fingerprint density at radius 3 is 2.48 bits per heavy atom. The number of nitrogens with one attached hydrogen (secondary N) is 1. The summed E-state index contributed by atoms with van der Waals surface area (Å²) in [5.74, 6) is -0.722. The molecule has 33 heavy (non-hydrogen) atoms. The molecule has 0 radical (unpaired) electrons. The lowest BCUT2D eigenvalue weighted by atomic mass is 10.0. The largest absolute Gasteiger partial charge is 0.346 e. The quantitative estimate of drug-likeness (QED) is 0.630. The molecule has 0 bridgehead atoms. The van der Waals surface area contributed by atoms with Crippen LogP contribution >= 0.6 is 0 Å². The number of carbonyl (C=O) groups excluding carboxylic acids is 2. The molecule has 3 N–H and O–H groups in total. The summed E-state index contributed by atoms with van der Waals surface area (Å²) in [6.07, 6.45) is 2.59. The first-order valence-electron chi connectivity index (χ1n) is 11.4. The first-order chi connectivity index (χ1) is 15.6. The zero-order valence-electron chi connectivity index (χ0n) is 20.1. The van der Waals surface area contributed by atoms with Crippen LogP contribution in [0.15, 0.2) is 30.5 Å². The predicted octanol–water partition coefficient (Wildman–Crippen LogP) is 1.92. The zero-order chi connectivity index (χ0) is 24.3. The number of aryl methyl sites for hydroxylation is 1. The predicted molar refractivity (Wildman–Crippen MR) is 126 cm³/mol. The Kier molecular flexibility index (Phi) is 7.86. The van der Waals surface area contributed by atoms with Crippen molar-refractivity contribution < 1.29 is 14.0 Å². The van der Waals surface area contributed by atoms with Crippen LogP contribution in [0.1, 0.15) is 38.3 Å². The van der Waals surface area contributed by atoms with E-state index in [1.54, 1.807) is 11.9 Å². The van der Waals surface area contributed by atoms with E-state index >= 15 is 0 Å². The third kappa shape index (κ3) is 5.59. The summed E-state index contributed by atoms with van der Waals surface area (Å²) in [6, 6.07) is 6.03. The van der Waals surface area contributed by atoms with Crippen LogP contribution in [0.3, 0.4) is 0 Å². The lowest BCUT2D eigenvalue weighted by Gasteiger charge is -2.30. The lowest BCUT2D eigenvalue weighted by Crippen LogP contribution is -2.53. The number of aromatic nitrogens is 2. The standard InChI is InChI=1S/C24H35FN6O2/c1-15(2)21(26)24(33)31-12-6-7-20(31)23(32)28-19(14-29(3)4)16-8-10-17(11-9-16)22-18(25)13-27-30(22)5/h8-11,13,15,19-21H,6-7,12,14,26H2,1-5H3,(H,28,32). The van der Waals surface area contributed by atoms with Crippen molar-refractivity contribution in [2.24, 2.45) is 18.7 Å². The van der Waals surface area contributed by atoms with Gasteiger partial charge in [-0.2, -0.15) is 5.10 Å². The number of amides is 2. The Balaban J connectivity index is 1.78. The molecule has 1 fully saturated rings. The molecule has 180 valence electrons. The molecule has 0 aliphatic carbocycles. The molecule has 8 nitrogen and oxygen atoms in total. The summed E-state index contributed by atoms with van der Waals surface area (Å²) in [6.45, 7) is 4.93. The monoisotopic (exact) mass is 458 g/mol. The summed E-state index contributed by atoms with van der Waals surface area (Å²) < 4.78 is 15.6. The van der Waals surface area contributed by atoms with Crippen molar-refractivity contribution in [1.29, 1.82) is 0 Å². The molecule has 2 aromatic rings. The zero-order valence-corrected chi connectivity index (χ0v) is 20.1. The highest BCUT2D eigenvalue weighted by molar-refractivity contribution is 5.90. The highest BCUT2D eigenvalue weighted by Gasteiger charge is 2.37. The third-order valence-electron chi connectivity index (χ3n) is 6.19. The Morgan fingerprint density at radius 1 is 1.27 bits per heavy atom. The highest BCUT2D eigenvalue weighted by atomic mass is 19.1. The SMILES string of the molecule is CC(C)C(N)C(=O)N1CCCC1C(=O)NC(CN(C)C)c1ccc(-c2c(F)cnn2C)cc1. The molecule has 1 saturated heterocycles. The van der Waals surface area contributed by atoms with Gasteiger partial charge in [0.2, 0.25) is 11.8 Å². The summed E-state index contributed by atoms with van der Waals surface area (Å²) in [5, 5.41) is 7.08. The molecule has 9 heteroatoms. The second kappa shape index (κ2) is 10.4. The Morgan fingerprint density at radius 2 is 1.94 bits per heavy atom. The van der Waals surface area contributed by atoms with Crippen LogP contribution in [0.5, 0.6) is 0 Å². The van der Waals surface area contributed by atoms with Crippen molar-refractivity contribution in [3.63, 3.8) is 0 Å². The molecule has 1 aromatic heterocycles. The molecule has 1 aliphatic rings. The van der Waals surface area contributed by atoms with Crippen LogP contribution in [0, 0.1) is 11.7 Å². The molecular formula is C24H35FN6O2. The fourth-order valence-corrected chi connectivity index (χ4v) is 4.26. The Labute approximate surface area is 194 Å². The summed E-state index contributed by atoms with van der Waals surface area (Å²) in [7, 11) is 5.57. The fraction of sp³-hybridized carbons (Fsp3) is 0.542. The van der Waals surface area contributed by atoms with Gasteiger partial charge in [0.05, 0.1) is 18.3 Å². The molecule has 1 aromatic carbocycles. The maximum absolute atomic E-state index is 14.1. The van der Waals surface area contributed by atoms with E-state index in [0.29, 0.717) is 30.8 Å². The number of hydrogen-bond donors (Lipinski definition) is 2. The number of hydrogen-bond acceptors (Lipinski definition) is 5. The number of carbonyl (C=O) groups is 2. The smallest absolute Gasteiger partial charge is 0.243 e. The molecule has 2 amide bonds. The molecule has 3 unspecified atom stereocenters. The second-order valence-corrected chi connectivity index (χ2v) is 9.37. The minimum Gasteiger partial charge on any atom is -0.346 e. The van der Waals surface area contributed by atoms with Gasteiger partial charge in [0, 0.05) is 25.7 Å². The van der Waals surface area contributed by atoms with Crippen LogP contribution in [0.4, 0.5) is 4.39 Å². The van der Waals surface area contributed by atoms with E-state index in [1.807, 2.05) is 57.1 Å². The van der Waals surface area contributed by atoms with Gasteiger partial charge in [-0.3, -0.25) is 14.3 Å². The van der Waals surface area contributed by atoms with Crippen molar-refractivity contribution in [1.82, 2.24) is 24.9 Å². The average Bonchev–Trinajstić information content (AvgIpc) is 3.38. The molecule has 3 atom stereocenters. The van der Waals surface area contributed by atoms with E-state index in [-0.39, 0.29) is 29.6 Å². The maximum atomic E-state index is 14.1. The van der Waals surface area contributed by atoms with E-state index in [0.717, 1.165) is 12.0 Å². The third-order valence-corrected chi connectivity index (χ3v) is 6.19. The van der Waals surface area contributed by atoms with E-state index in [9.17, 15) is 14.0 Å². The Hall–Kier alpha value is -2.78. The van der Waals surface area contributed by atoms with Crippen molar-refractivity contribution >= 4 is 11.8 Å². The van der Waals surface area contributed by atoms with E-state index in [4.69, 9.17) is 5.73 Å². The molecule has 0 spiro atoms. The van der Waals surface area contributed by atoms with Crippen molar-refractivity contribution in [2.45, 2.75) is 44.8 Å². The average molecular weight is 459 g/mol. The van der Waals surface area contributed by atoms with Gasteiger partial charge in [-0.05, 0) is 38.4 Å². The van der Waals surface area contributed by atoms with Gasteiger partial charge >= 0.3 is 0 Å². The van der Waals surface area contributed by atoms with Gasteiger partial charge in [-0.25, -0.2) is 4.39 Å². The van der Waals surface area contributed by atoms with Gasteiger partial charge in [0.15, 0.2) is 5.82 Å². The Bertz CT molecular complexity index is 952. The van der Waals surface area contributed by atoms with E-state index < -0.39 is 12.1 Å². The number of benzene rings is 1. The highest BCUT2D eigenvalue weighted by Crippen LogP contribution is 2.25. The molecule has 2 heterocycles. The molecule has 0 saturated carbocycles. The number of likely N-dealkylation sites (N-methyl/N-ethyl adjacent to an activating group) is 1. The van der Waals surface area contributed by atoms with Crippen LogP contribution in [-0.4, -0.2) is 70.7 Å². The topological polar surface area (TPSA) is 96.5 Å². The minimum absolute atomic E-state index is 0.00563. The number of nitrogens with zero attached hydrogens (tertiary/aromatic N) is 4. The molecular weight excluding hydrogens is 423 g/mol. The molecule has 1 aliphatic heterocycles.